The van der Waals surface area contributed by atoms with Crippen LogP contribution in [0, 0.1) is 0 Å². The smallest absolute Gasteiger partial charge is 0.123 e. The maximum atomic E-state index is 5.64. The van der Waals surface area contributed by atoms with E-state index in [-0.39, 0.29) is 11.6 Å². The van der Waals surface area contributed by atoms with Crippen LogP contribution < -0.4 is 14.8 Å². The van der Waals surface area contributed by atoms with Crippen LogP contribution in [0.2, 0.25) is 0 Å². The summed E-state index contributed by atoms with van der Waals surface area (Å²) >= 11 is 0. The quantitative estimate of drug-likeness (QED) is 0.835. The Morgan fingerprint density at radius 2 is 2.10 bits per heavy atom. The highest BCUT2D eigenvalue weighted by molar-refractivity contribution is 5.42. The standard InChI is InChI=1S/C16H25NO4/c1-12(17-10-16(20-4)7-8-21-11-16)14-9-13(18-2)5-6-15(14)19-3/h5-6,9,12,17H,7-8,10-11H2,1-4H3. The first kappa shape index (κ1) is 16.1. The summed E-state index contributed by atoms with van der Waals surface area (Å²) in [5.41, 5.74) is 0.849. The SMILES string of the molecule is COc1ccc(OC)c(C(C)NCC2(OC)CCOC2)c1. The van der Waals surface area contributed by atoms with Gasteiger partial charge in [-0.1, -0.05) is 0 Å². The lowest BCUT2D eigenvalue weighted by atomic mass is 10.0. The topological polar surface area (TPSA) is 49.0 Å². The fraction of sp³-hybridized carbons (Fsp3) is 0.625. The highest BCUT2D eigenvalue weighted by Crippen LogP contribution is 2.30. The molecule has 1 aliphatic rings. The fourth-order valence-electron chi connectivity index (χ4n) is 2.59. The first-order chi connectivity index (χ1) is 10.1. The second kappa shape index (κ2) is 7.11. The molecule has 1 heterocycles. The fourth-order valence-corrected chi connectivity index (χ4v) is 2.59. The van der Waals surface area contributed by atoms with E-state index >= 15 is 0 Å². The van der Waals surface area contributed by atoms with Gasteiger partial charge in [0.15, 0.2) is 0 Å². The van der Waals surface area contributed by atoms with Gasteiger partial charge in [-0.2, -0.15) is 0 Å². The molecule has 1 aromatic carbocycles. The van der Waals surface area contributed by atoms with Crippen LogP contribution in [0.1, 0.15) is 24.9 Å². The maximum absolute atomic E-state index is 5.64. The monoisotopic (exact) mass is 295 g/mol. The molecule has 0 amide bonds. The number of hydrogen-bond donors (Lipinski definition) is 1. The summed E-state index contributed by atoms with van der Waals surface area (Å²) in [7, 11) is 5.09. The van der Waals surface area contributed by atoms with E-state index in [1.54, 1.807) is 21.3 Å². The van der Waals surface area contributed by atoms with Crippen molar-refractivity contribution in [1.29, 1.82) is 0 Å². The van der Waals surface area contributed by atoms with Crippen molar-refractivity contribution in [3.63, 3.8) is 0 Å². The van der Waals surface area contributed by atoms with Gasteiger partial charge in [0.1, 0.15) is 17.1 Å². The number of nitrogens with one attached hydrogen (secondary N) is 1. The molecule has 1 aliphatic heterocycles. The lowest BCUT2D eigenvalue weighted by Crippen LogP contribution is -2.43. The summed E-state index contributed by atoms with van der Waals surface area (Å²) in [5, 5.41) is 3.52. The maximum Gasteiger partial charge on any atom is 0.123 e. The van der Waals surface area contributed by atoms with Crippen molar-refractivity contribution in [2.75, 3.05) is 41.1 Å². The lowest BCUT2D eigenvalue weighted by molar-refractivity contribution is -0.0172. The van der Waals surface area contributed by atoms with Crippen LogP contribution in [-0.4, -0.2) is 46.7 Å². The van der Waals surface area contributed by atoms with Gasteiger partial charge >= 0.3 is 0 Å². The van der Waals surface area contributed by atoms with Gasteiger partial charge in [0, 0.05) is 38.3 Å². The average Bonchev–Trinajstić information content (AvgIpc) is 3.01. The van der Waals surface area contributed by atoms with E-state index in [4.69, 9.17) is 18.9 Å². The number of rotatable bonds is 7. The lowest BCUT2D eigenvalue weighted by Gasteiger charge is -2.28. The summed E-state index contributed by atoms with van der Waals surface area (Å²) < 4.78 is 21.8. The summed E-state index contributed by atoms with van der Waals surface area (Å²) in [5.74, 6) is 1.68. The van der Waals surface area contributed by atoms with Gasteiger partial charge in [0.25, 0.3) is 0 Å². The molecule has 2 atom stereocenters. The van der Waals surface area contributed by atoms with Crippen LogP contribution in [0.25, 0.3) is 0 Å². The molecule has 0 saturated carbocycles. The zero-order valence-corrected chi connectivity index (χ0v) is 13.3. The summed E-state index contributed by atoms with van der Waals surface area (Å²) in [6, 6.07) is 5.96. The Bertz CT molecular complexity index is 458. The van der Waals surface area contributed by atoms with Crippen molar-refractivity contribution in [3.05, 3.63) is 23.8 Å². The van der Waals surface area contributed by atoms with E-state index in [1.165, 1.54) is 0 Å². The molecule has 1 N–H and O–H groups in total. The van der Waals surface area contributed by atoms with Gasteiger partial charge in [-0.05, 0) is 25.1 Å². The Hall–Kier alpha value is -1.30. The minimum atomic E-state index is -0.222. The molecule has 2 rings (SSSR count). The summed E-state index contributed by atoms with van der Waals surface area (Å²) in [6.07, 6.45) is 0.915. The van der Waals surface area contributed by atoms with Crippen LogP contribution >= 0.6 is 0 Å². The highest BCUT2D eigenvalue weighted by Gasteiger charge is 2.35. The van der Waals surface area contributed by atoms with E-state index in [2.05, 4.69) is 12.2 Å². The number of benzene rings is 1. The van der Waals surface area contributed by atoms with Crippen molar-refractivity contribution >= 4 is 0 Å². The van der Waals surface area contributed by atoms with Crippen LogP contribution in [0.4, 0.5) is 0 Å². The van der Waals surface area contributed by atoms with Crippen molar-refractivity contribution < 1.29 is 18.9 Å². The molecule has 118 valence electrons. The third kappa shape index (κ3) is 3.67. The minimum absolute atomic E-state index is 0.127. The average molecular weight is 295 g/mol. The first-order valence-electron chi connectivity index (χ1n) is 7.22. The Labute approximate surface area is 126 Å². The summed E-state index contributed by atoms with van der Waals surface area (Å²) in [4.78, 5) is 0. The molecule has 21 heavy (non-hydrogen) atoms. The van der Waals surface area contributed by atoms with Crippen molar-refractivity contribution in [2.45, 2.75) is 25.0 Å². The molecule has 0 bridgehead atoms. The molecule has 1 aromatic rings. The van der Waals surface area contributed by atoms with Crippen LogP contribution in [0.15, 0.2) is 18.2 Å². The minimum Gasteiger partial charge on any atom is -0.497 e. The number of methoxy groups -OCH3 is 3. The molecular formula is C16H25NO4. The van der Waals surface area contributed by atoms with Gasteiger partial charge in [-0.15, -0.1) is 0 Å². The zero-order chi connectivity index (χ0) is 15.3. The Morgan fingerprint density at radius 3 is 2.67 bits per heavy atom. The predicted octanol–water partition coefficient (Wildman–Crippen LogP) is 2.16. The molecule has 0 aliphatic carbocycles. The Morgan fingerprint density at radius 1 is 1.29 bits per heavy atom. The molecule has 0 radical (unpaired) electrons. The third-order valence-corrected chi connectivity index (χ3v) is 4.13. The van der Waals surface area contributed by atoms with Crippen molar-refractivity contribution in [3.8, 4) is 11.5 Å². The Kier molecular flexibility index (Phi) is 5.45. The van der Waals surface area contributed by atoms with E-state index < -0.39 is 0 Å². The van der Waals surface area contributed by atoms with E-state index in [0.29, 0.717) is 6.61 Å². The third-order valence-electron chi connectivity index (χ3n) is 4.13. The zero-order valence-electron chi connectivity index (χ0n) is 13.3. The predicted molar refractivity (Wildman–Crippen MR) is 81.1 cm³/mol. The van der Waals surface area contributed by atoms with E-state index in [0.717, 1.165) is 36.6 Å². The molecule has 5 heteroatoms. The van der Waals surface area contributed by atoms with E-state index in [1.807, 2.05) is 18.2 Å². The molecule has 1 fully saturated rings. The van der Waals surface area contributed by atoms with Gasteiger partial charge in [-0.25, -0.2) is 0 Å². The second-order valence-electron chi connectivity index (χ2n) is 5.40. The molecule has 0 spiro atoms. The van der Waals surface area contributed by atoms with Crippen LogP contribution in [-0.2, 0) is 9.47 Å². The second-order valence-corrected chi connectivity index (χ2v) is 5.40. The molecule has 0 aromatic heterocycles. The highest BCUT2D eigenvalue weighted by atomic mass is 16.5. The van der Waals surface area contributed by atoms with E-state index in [9.17, 15) is 0 Å². The number of ether oxygens (including phenoxy) is 4. The van der Waals surface area contributed by atoms with Gasteiger partial charge in [-0.3, -0.25) is 0 Å². The largest absolute Gasteiger partial charge is 0.497 e. The van der Waals surface area contributed by atoms with Crippen LogP contribution in [0.3, 0.4) is 0 Å². The van der Waals surface area contributed by atoms with Gasteiger partial charge < -0.3 is 24.3 Å². The van der Waals surface area contributed by atoms with Crippen molar-refractivity contribution in [1.82, 2.24) is 5.32 Å². The number of hydrogen-bond acceptors (Lipinski definition) is 5. The molecule has 2 unspecified atom stereocenters. The molecule has 5 nitrogen and oxygen atoms in total. The first-order valence-corrected chi connectivity index (χ1v) is 7.22. The van der Waals surface area contributed by atoms with Gasteiger partial charge in [0.2, 0.25) is 0 Å². The molecule has 1 saturated heterocycles. The normalized spacial score (nSPS) is 23.0. The van der Waals surface area contributed by atoms with Crippen molar-refractivity contribution in [2.24, 2.45) is 0 Å². The Balaban J connectivity index is 2.07. The summed E-state index contributed by atoms with van der Waals surface area (Å²) in [6.45, 7) is 4.24. The van der Waals surface area contributed by atoms with Crippen LogP contribution in [0.5, 0.6) is 11.5 Å². The molecular weight excluding hydrogens is 270 g/mol. The van der Waals surface area contributed by atoms with Gasteiger partial charge in [0.05, 0.1) is 20.8 Å².